The van der Waals surface area contributed by atoms with E-state index >= 15 is 0 Å². The molecule has 1 aromatic carbocycles. The van der Waals surface area contributed by atoms with Crippen LogP contribution < -0.4 is 14.5 Å². The summed E-state index contributed by atoms with van der Waals surface area (Å²) in [6.07, 6.45) is 2.65. The maximum Gasteiger partial charge on any atom is 0.253 e. The summed E-state index contributed by atoms with van der Waals surface area (Å²) in [5.41, 5.74) is 1.67. The van der Waals surface area contributed by atoms with E-state index in [4.69, 9.17) is 9.47 Å². The van der Waals surface area contributed by atoms with Crippen LogP contribution in [-0.4, -0.2) is 38.6 Å². The average Bonchev–Trinajstić information content (AvgIpc) is 2.59. The Morgan fingerprint density at radius 3 is 2.55 bits per heavy atom. The molecule has 1 N–H and O–H groups in total. The highest BCUT2D eigenvalue weighted by molar-refractivity contribution is 5.94. The van der Waals surface area contributed by atoms with Gasteiger partial charge >= 0.3 is 0 Å². The number of H-pyrrole nitrogens is 1. The summed E-state index contributed by atoms with van der Waals surface area (Å²) >= 11 is 0. The van der Waals surface area contributed by atoms with Crippen LogP contribution in [0.1, 0.15) is 16.1 Å². The molecule has 1 aromatic heterocycles. The lowest BCUT2D eigenvalue weighted by Crippen LogP contribution is -2.30. The van der Waals surface area contributed by atoms with Gasteiger partial charge in [-0.25, -0.2) is 4.98 Å². The molecule has 0 unspecified atom stereocenters. The van der Waals surface area contributed by atoms with E-state index in [1.54, 1.807) is 44.4 Å². The fraction of sp³-hybridized carbons (Fsp3) is 0.294. The van der Waals surface area contributed by atoms with Crippen molar-refractivity contribution in [2.45, 2.75) is 6.42 Å². The first-order valence-corrected chi connectivity index (χ1v) is 7.08. The topological polar surface area (TPSA) is 52.9 Å². The minimum Gasteiger partial charge on any atom is -0.493 e. The number of hydrogen-bond acceptors (Lipinski definition) is 3. The van der Waals surface area contributed by atoms with Crippen molar-refractivity contribution < 1.29 is 19.3 Å². The molecule has 116 valence electrons. The maximum absolute atomic E-state index is 12.5. The second kappa shape index (κ2) is 7.45. The molecule has 0 bridgehead atoms. The molecule has 0 aliphatic carbocycles. The van der Waals surface area contributed by atoms with Crippen molar-refractivity contribution in [1.82, 2.24) is 4.90 Å². The van der Waals surface area contributed by atoms with Crippen LogP contribution in [0.5, 0.6) is 11.5 Å². The number of hydrogen-bond donors (Lipinski definition) is 0. The second-order valence-electron chi connectivity index (χ2n) is 4.93. The minimum absolute atomic E-state index is 0.0446. The van der Waals surface area contributed by atoms with Gasteiger partial charge in [-0.2, -0.15) is 0 Å². The third-order valence-electron chi connectivity index (χ3n) is 3.47. The molecule has 0 saturated heterocycles. The molecule has 0 atom stereocenters. The molecule has 2 aromatic rings. The highest BCUT2D eigenvalue weighted by Crippen LogP contribution is 2.27. The summed E-state index contributed by atoms with van der Waals surface area (Å²) in [5.74, 6) is 1.12. The molecule has 0 radical (unpaired) electrons. The van der Waals surface area contributed by atoms with E-state index in [-0.39, 0.29) is 5.91 Å². The zero-order chi connectivity index (χ0) is 15.9. The van der Waals surface area contributed by atoms with Crippen molar-refractivity contribution in [2.75, 3.05) is 27.8 Å². The summed E-state index contributed by atoms with van der Waals surface area (Å²) in [6, 6.07) is 11.1. The van der Waals surface area contributed by atoms with Crippen LogP contribution in [0, 0.1) is 0 Å². The van der Waals surface area contributed by atoms with E-state index in [9.17, 15) is 4.79 Å². The number of benzene rings is 1. The lowest BCUT2D eigenvalue weighted by Gasteiger charge is -2.17. The molecule has 1 heterocycles. The lowest BCUT2D eigenvalue weighted by atomic mass is 10.1. The number of methoxy groups -OCH3 is 2. The largest absolute Gasteiger partial charge is 0.493 e. The van der Waals surface area contributed by atoms with Gasteiger partial charge in [0.05, 0.1) is 14.2 Å². The van der Waals surface area contributed by atoms with Crippen LogP contribution in [-0.2, 0) is 6.42 Å². The van der Waals surface area contributed by atoms with Crippen molar-refractivity contribution in [3.63, 3.8) is 0 Å². The van der Waals surface area contributed by atoms with Crippen LogP contribution in [0.2, 0.25) is 0 Å². The Morgan fingerprint density at radius 1 is 1.14 bits per heavy atom. The molecule has 0 aliphatic heterocycles. The zero-order valence-corrected chi connectivity index (χ0v) is 13.1. The van der Waals surface area contributed by atoms with Crippen molar-refractivity contribution in [3.8, 4) is 11.5 Å². The molecule has 5 heteroatoms. The maximum atomic E-state index is 12.5. The number of nitrogens with zero attached hydrogens (tertiary/aromatic N) is 1. The molecule has 1 amide bonds. The van der Waals surface area contributed by atoms with Gasteiger partial charge in [-0.3, -0.25) is 4.79 Å². The number of ether oxygens (including phenoxy) is 2. The normalized spacial score (nSPS) is 10.1. The first kappa shape index (κ1) is 15.8. The molecule has 0 saturated carbocycles. The van der Waals surface area contributed by atoms with Gasteiger partial charge in [0.1, 0.15) is 0 Å². The Balaban J connectivity index is 2.04. The molecule has 0 fully saturated rings. The van der Waals surface area contributed by atoms with E-state index in [1.165, 1.54) is 0 Å². The first-order chi connectivity index (χ1) is 10.7. The Kier molecular flexibility index (Phi) is 5.36. The Bertz CT molecular complexity index is 629. The van der Waals surface area contributed by atoms with Crippen LogP contribution >= 0.6 is 0 Å². The van der Waals surface area contributed by atoms with Crippen LogP contribution in [0.4, 0.5) is 0 Å². The van der Waals surface area contributed by atoms with E-state index in [1.807, 2.05) is 24.4 Å². The van der Waals surface area contributed by atoms with Crippen molar-refractivity contribution in [2.24, 2.45) is 0 Å². The molecular weight excluding hydrogens is 280 g/mol. The summed E-state index contributed by atoms with van der Waals surface area (Å²) in [7, 11) is 4.92. The number of aromatic amines is 1. The van der Waals surface area contributed by atoms with Crippen LogP contribution in [0.3, 0.4) is 0 Å². The number of rotatable bonds is 6. The average molecular weight is 301 g/mol. The first-order valence-electron chi connectivity index (χ1n) is 7.08. The van der Waals surface area contributed by atoms with E-state index in [0.717, 1.165) is 12.1 Å². The van der Waals surface area contributed by atoms with Crippen molar-refractivity contribution in [3.05, 3.63) is 53.9 Å². The van der Waals surface area contributed by atoms with Gasteiger partial charge < -0.3 is 14.4 Å². The molecular formula is C17H21N2O3+. The minimum atomic E-state index is -0.0446. The van der Waals surface area contributed by atoms with E-state index in [0.29, 0.717) is 23.6 Å². The zero-order valence-electron chi connectivity index (χ0n) is 13.1. The number of likely N-dealkylation sites (N-methyl/N-ethyl adjacent to an activating group) is 1. The molecule has 0 aliphatic rings. The number of nitrogens with one attached hydrogen (secondary N) is 1. The number of carbonyl (C=O) groups is 1. The quantitative estimate of drug-likeness (QED) is 0.818. The number of carbonyl (C=O) groups excluding carboxylic acids is 1. The molecule has 5 nitrogen and oxygen atoms in total. The molecule has 0 spiro atoms. The Hall–Kier alpha value is -2.56. The third kappa shape index (κ3) is 3.75. The van der Waals surface area contributed by atoms with Crippen LogP contribution in [0.25, 0.3) is 0 Å². The van der Waals surface area contributed by atoms with Gasteiger partial charge in [0.15, 0.2) is 23.4 Å². The molecule has 22 heavy (non-hydrogen) atoms. The number of aromatic nitrogens is 1. The van der Waals surface area contributed by atoms with Gasteiger partial charge in [0, 0.05) is 37.7 Å². The van der Waals surface area contributed by atoms with E-state index < -0.39 is 0 Å². The summed E-state index contributed by atoms with van der Waals surface area (Å²) in [4.78, 5) is 17.3. The Morgan fingerprint density at radius 2 is 1.91 bits per heavy atom. The van der Waals surface area contributed by atoms with Gasteiger partial charge in [-0.05, 0) is 18.2 Å². The van der Waals surface area contributed by atoms with Gasteiger partial charge in [-0.15, -0.1) is 0 Å². The summed E-state index contributed by atoms with van der Waals surface area (Å²) < 4.78 is 10.4. The van der Waals surface area contributed by atoms with Crippen LogP contribution in [0.15, 0.2) is 42.6 Å². The lowest BCUT2D eigenvalue weighted by molar-refractivity contribution is -0.390. The fourth-order valence-corrected chi connectivity index (χ4v) is 2.17. The standard InChI is InChI=1S/C17H20N2O3/c1-19(11-9-14-6-4-5-10-18-14)17(20)13-7-8-15(21-2)16(12-13)22-3/h4-8,10,12H,9,11H2,1-3H3/p+1. The molecule has 2 rings (SSSR count). The van der Waals surface area contributed by atoms with Gasteiger partial charge in [0.2, 0.25) is 0 Å². The van der Waals surface area contributed by atoms with Crippen molar-refractivity contribution >= 4 is 5.91 Å². The Labute approximate surface area is 130 Å². The number of pyridine rings is 1. The number of amides is 1. The summed E-state index contributed by atoms with van der Waals surface area (Å²) in [6.45, 7) is 0.633. The monoisotopic (exact) mass is 301 g/mol. The van der Waals surface area contributed by atoms with E-state index in [2.05, 4.69) is 4.98 Å². The second-order valence-corrected chi connectivity index (χ2v) is 4.93. The van der Waals surface area contributed by atoms with Gasteiger partial charge in [0.25, 0.3) is 5.91 Å². The predicted molar refractivity (Wildman–Crippen MR) is 83.2 cm³/mol. The highest BCUT2D eigenvalue weighted by atomic mass is 16.5. The fourth-order valence-electron chi connectivity index (χ4n) is 2.17. The SMILES string of the molecule is COc1ccc(C(=O)N(C)CCc2cccc[nH+]2)cc1OC. The third-order valence-corrected chi connectivity index (χ3v) is 3.47. The van der Waals surface area contributed by atoms with Crippen molar-refractivity contribution in [1.29, 1.82) is 0 Å². The smallest absolute Gasteiger partial charge is 0.253 e. The van der Waals surface area contributed by atoms with Gasteiger partial charge in [-0.1, -0.05) is 6.07 Å². The summed E-state index contributed by atoms with van der Waals surface area (Å²) in [5, 5.41) is 0. The highest BCUT2D eigenvalue weighted by Gasteiger charge is 2.15. The predicted octanol–water partition coefficient (Wildman–Crippen LogP) is 1.83.